The summed E-state index contributed by atoms with van der Waals surface area (Å²) in [5.74, 6) is 0.207. The van der Waals surface area contributed by atoms with Crippen LogP contribution in [0.2, 0.25) is 0 Å². The third kappa shape index (κ3) is 4.75. The molecule has 1 atom stereocenters. The molecule has 0 amide bonds. The molecule has 1 unspecified atom stereocenters. The Bertz CT molecular complexity index is 1510. The zero-order valence-electron chi connectivity index (χ0n) is 22.4. The van der Waals surface area contributed by atoms with Crippen LogP contribution in [-0.2, 0) is 17.6 Å². The number of ether oxygens (including phenoxy) is 1. The Hall–Kier alpha value is -3.86. The summed E-state index contributed by atoms with van der Waals surface area (Å²) in [4.78, 5) is 29.8. The van der Waals surface area contributed by atoms with Crippen LogP contribution >= 0.6 is 0 Å². The summed E-state index contributed by atoms with van der Waals surface area (Å²) >= 11 is 0. The SMILES string of the molecule is CCC(Cc1ccccc1)(C(=O)c1ccc2c(c1)Cc1cc(C(=O)c3ccccc3)ccc1-2)N1CCOCC1. The number of rotatable bonds is 8. The van der Waals surface area contributed by atoms with Crippen molar-refractivity contribution in [3.8, 4) is 11.1 Å². The molecule has 0 spiro atoms. The number of hydrogen-bond acceptors (Lipinski definition) is 4. The van der Waals surface area contributed by atoms with Crippen molar-refractivity contribution in [2.24, 2.45) is 0 Å². The maximum Gasteiger partial charge on any atom is 0.193 e. The zero-order valence-corrected chi connectivity index (χ0v) is 22.4. The summed E-state index contributed by atoms with van der Waals surface area (Å²) in [6.45, 7) is 4.92. The van der Waals surface area contributed by atoms with Gasteiger partial charge in [0.05, 0.1) is 18.8 Å². The van der Waals surface area contributed by atoms with Gasteiger partial charge in [-0.1, -0.05) is 91.9 Å². The maximum absolute atomic E-state index is 14.4. The summed E-state index contributed by atoms with van der Waals surface area (Å²) in [7, 11) is 0. The summed E-state index contributed by atoms with van der Waals surface area (Å²) in [6.07, 6.45) is 2.12. The quantitative estimate of drug-likeness (QED) is 0.225. The Morgan fingerprint density at radius 1 is 0.744 bits per heavy atom. The van der Waals surface area contributed by atoms with E-state index in [2.05, 4.69) is 42.2 Å². The Balaban J connectivity index is 1.32. The molecule has 6 rings (SSSR count). The molecule has 4 nitrogen and oxygen atoms in total. The van der Waals surface area contributed by atoms with E-state index in [1.165, 1.54) is 5.56 Å². The van der Waals surface area contributed by atoms with E-state index < -0.39 is 5.54 Å². The van der Waals surface area contributed by atoms with E-state index in [9.17, 15) is 9.59 Å². The third-order valence-corrected chi connectivity index (χ3v) is 8.41. The minimum atomic E-state index is -0.625. The highest BCUT2D eigenvalue weighted by Crippen LogP contribution is 2.39. The topological polar surface area (TPSA) is 46.6 Å². The van der Waals surface area contributed by atoms with Crippen LogP contribution in [0.15, 0.2) is 97.1 Å². The van der Waals surface area contributed by atoms with Crippen LogP contribution < -0.4 is 0 Å². The minimum Gasteiger partial charge on any atom is -0.379 e. The van der Waals surface area contributed by atoms with Crippen molar-refractivity contribution in [2.45, 2.75) is 31.7 Å². The molecule has 1 heterocycles. The van der Waals surface area contributed by atoms with E-state index in [-0.39, 0.29) is 11.6 Å². The Morgan fingerprint density at radius 3 is 1.97 bits per heavy atom. The van der Waals surface area contributed by atoms with Crippen molar-refractivity contribution >= 4 is 11.6 Å². The number of fused-ring (bicyclic) bond motifs is 3. The van der Waals surface area contributed by atoms with Crippen molar-refractivity contribution in [3.63, 3.8) is 0 Å². The first kappa shape index (κ1) is 25.4. The number of Topliss-reactive ketones (excluding diaryl/α,β-unsaturated/α-hetero) is 1. The molecule has 0 radical (unpaired) electrons. The number of hydrogen-bond donors (Lipinski definition) is 0. The maximum atomic E-state index is 14.4. The van der Waals surface area contributed by atoms with Gasteiger partial charge in [-0.3, -0.25) is 14.5 Å². The molecule has 1 aliphatic carbocycles. The van der Waals surface area contributed by atoms with Crippen LogP contribution in [0.4, 0.5) is 0 Å². The highest BCUT2D eigenvalue weighted by Gasteiger charge is 2.43. The first-order valence-electron chi connectivity index (χ1n) is 13.9. The van der Waals surface area contributed by atoms with Gasteiger partial charge in [-0.15, -0.1) is 0 Å². The number of benzene rings is 4. The predicted octanol–water partition coefficient (Wildman–Crippen LogP) is 6.40. The molecule has 4 aromatic carbocycles. The fraction of sp³-hybridized carbons (Fsp3) is 0.257. The monoisotopic (exact) mass is 515 g/mol. The van der Waals surface area contributed by atoms with E-state index in [0.29, 0.717) is 30.8 Å². The number of ketones is 2. The van der Waals surface area contributed by atoms with Gasteiger partial charge in [0.2, 0.25) is 0 Å². The Kier molecular flexibility index (Phi) is 6.99. The molecule has 0 N–H and O–H groups in total. The fourth-order valence-electron chi connectivity index (χ4n) is 6.29. The number of morpholine rings is 1. The fourth-order valence-corrected chi connectivity index (χ4v) is 6.29. The molecular weight excluding hydrogens is 482 g/mol. The van der Waals surface area contributed by atoms with Gasteiger partial charge in [-0.05, 0) is 59.2 Å². The first-order chi connectivity index (χ1) is 19.1. The normalized spacial score (nSPS) is 16.2. The van der Waals surface area contributed by atoms with Gasteiger partial charge in [0.25, 0.3) is 0 Å². The number of nitrogens with zero attached hydrogens (tertiary/aromatic N) is 1. The standard InChI is InChI=1S/C35H33NO3/c1-2-35(36-17-19-39-20-18-36,24-25-9-5-3-6-10-25)34(38)28-14-16-32-30(22-28)23-29-21-27(13-15-31(29)32)33(37)26-11-7-4-8-12-26/h3-16,21-22H,2,17-20,23-24H2,1H3. The van der Waals surface area contributed by atoms with Gasteiger partial charge in [0.15, 0.2) is 11.6 Å². The molecule has 4 aromatic rings. The van der Waals surface area contributed by atoms with Crippen LogP contribution in [0, 0.1) is 0 Å². The Morgan fingerprint density at radius 2 is 1.33 bits per heavy atom. The van der Waals surface area contributed by atoms with Crippen molar-refractivity contribution in [3.05, 3.63) is 130 Å². The van der Waals surface area contributed by atoms with Gasteiger partial charge in [0, 0.05) is 29.8 Å². The second-order valence-corrected chi connectivity index (χ2v) is 10.6. The van der Waals surface area contributed by atoms with Crippen LogP contribution in [0.5, 0.6) is 0 Å². The zero-order chi connectivity index (χ0) is 26.8. The lowest BCUT2D eigenvalue weighted by molar-refractivity contribution is -0.0163. The van der Waals surface area contributed by atoms with Gasteiger partial charge in [-0.2, -0.15) is 0 Å². The molecule has 2 aliphatic rings. The van der Waals surface area contributed by atoms with Crippen molar-refractivity contribution in [2.75, 3.05) is 26.3 Å². The van der Waals surface area contributed by atoms with Gasteiger partial charge in [-0.25, -0.2) is 0 Å². The number of carbonyl (C=O) groups excluding carboxylic acids is 2. The lowest BCUT2D eigenvalue weighted by Gasteiger charge is -2.44. The second kappa shape index (κ2) is 10.7. The second-order valence-electron chi connectivity index (χ2n) is 10.6. The first-order valence-corrected chi connectivity index (χ1v) is 13.9. The molecule has 1 saturated heterocycles. The van der Waals surface area contributed by atoms with Gasteiger partial charge < -0.3 is 4.74 Å². The van der Waals surface area contributed by atoms with E-state index in [1.807, 2.05) is 66.7 Å². The molecule has 1 aliphatic heterocycles. The lowest BCUT2D eigenvalue weighted by Crippen LogP contribution is -2.59. The summed E-state index contributed by atoms with van der Waals surface area (Å²) in [6, 6.07) is 31.9. The average molecular weight is 516 g/mol. The highest BCUT2D eigenvalue weighted by molar-refractivity contribution is 6.09. The van der Waals surface area contributed by atoms with Crippen molar-refractivity contribution in [1.29, 1.82) is 0 Å². The lowest BCUT2D eigenvalue weighted by atomic mass is 9.79. The molecule has 0 saturated carbocycles. The minimum absolute atomic E-state index is 0.0318. The molecule has 1 fully saturated rings. The Labute approximate surface area is 230 Å². The van der Waals surface area contributed by atoms with Crippen molar-refractivity contribution < 1.29 is 14.3 Å². The molecule has 0 bridgehead atoms. The smallest absolute Gasteiger partial charge is 0.193 e. The molecule has 39 heavy (non-hydrogen) atoms. The third-order valence-electron chi connectivity index (χ3n) is 8.41. The molecule has 196 valence electrons. The highest BCUT2D eigenvalue weighted by atomic mass is 16.5. The van der Waals surface area contributed by atoms with Gasteiger partial charge >= 0.3 is 0 Å². The molecule has 4 heteroatoms. The predicted molar refractivity (Wildman–Crippen MR) is 154 cm³/mol. The van der Waals surface area contributed by atoms with Crippen LogP contribution in [0.25, 0.3) is 11.1 Å². The summed E-state index contributed by atoms with van der Waals surface area (Å²) in [5.41, 5.74) is 7.27. The summed E-state index contributed by atoms with van der Waals surface area (Å²) in [5, 5.41) is 0. The van der Waals surface area contributed by atoms with E-state index in [0.717, 1.165) is 53.7 Å². The molecular formula is C35H33NO3. The largest absolute Gasteiger partial charge is 0.379 e. The van der Waals surface area contributed by atoms with Crippen molar-refractivity contribution in [1.82, 2.24) is 4.90 Å². The average Bonchev–Trinajstić information content (AvgIpc) is 3.37. The van der Waals surface area contributed by atoms with E-state index in [4.69, 9.17) is 4.74 Å². The van der Waals surface area contributed by atoms with Gasteiger partial charge in [0.1, 0.15) is 0 Å². The van der Waals surface area contributed by atoms with Crippen LogP contribution in [0.1, 0.15) is 56.3 Å². The van der Waals surface area contributed by atoms with E-state index >= 15 is 0 Å². The number of carbonyl (C=O) groups is 2. The summed E-state index contributed by atoms with van der Waals surface area (Å²) < 4.78 is 5.65. The van der Waals surface area contributed by atoms with Crippen LogP contribution in [-0.4, -0.2) is 48.3 Å². The van der Waals surface area contributed by atoms with E-state index in [1.54, 1.807) is 0 Å². The molecule has 0 aromatic heterocycles. The van der Waals surface area contributed by atoms with Crippen LogP contribution in [0.3, 0.4) is 0 Å².